The summed E-state index contributed by atoms with van der Waals surface area (Å²) in [6, 6.07) is 16.7. The first-order valence-electron chi connectivity index (χ1n) is 9.41. The Morgan fingerprint density at radius 1 is 1.13 bits per heavy atom. The topological polar surface area (TPSA) is 61.2 Å². The van der Waals surface area contributed by atoms with Crippen LogP contribution < -0.4 is 15.8 Å². The molecule has 4 aromatic rings. The Kier molecular flexibility index (Phi) is 5.19. The number of aromatic nitrogens is 2. The normalized spacial score (nSPS) is 10.9. The van der Waals surface area contributed by atoms with Crippen LogP contribution in [0.25, 0.3) is 10.9 Å². The third kappa shape index (κ3) is 3.62. The highest BCUT2D eigenvalue weighted by molar-refractivity contribution is 6.30. The van der Waals surface area contributed by atoms with E-state index in [0.717, 1.165) is 17.4 Å². The quantitative estimate of drug-likeness (QED) is 0.380. The van der Waals surface area contributed by atoms with Crippen LogP contribution in [0.4, 0.5) is 4.39 Å². The fraction of sp³-hybridized carbons (Fsp3) is 0.0870. The molecule has 0 atom stereocenters. The Morgan fingerprint density at radius 3 is 2.67 bits per heavy atom. The Morgan fingerprint density at radius 2 is 1.93 bits per heavy atom. The van der Waals surface area contributed by atoms with Crippen molar-refractivity contribution < 1.29 is 13.9 Å². The third-order valence-electron chi connectivity index (χ3n) is 4.92. The third-order valence-corrected chi connectivity index (χ3v) is 4.92. The summed E-state index contributed by atoms with van der Waals surface area (Å²) in [5, 5.41) is 0.421. The summed E-state index contributed by atoms with van der Waals surface area (Å²) >= 11 is 0. The molecule has 2 heterocycles. The average Bonchev–Trinajstić information content (AvgIpc) is 2.75. The smallest absolute Gasteiger partial charge is 0.200 e. The highest BCUT2D eigenvalue weighted by Gasteiger charge is 2.19. The SMILES string of the molecule is Bc1cccc(Cn2cc(C(=O)c3ccc(OC)c(F)c3)c(=O)c3ccccc32)n1. The Labute approximate surface area is 173 Å². The summed E-state index contributed by atoms with van der Waals surface area (Å²) in [7, 11) is 3.25. The number of hydrogen-bond acceptors (Lipinski definition) is 4. The van der Waals surface area contributed by atoms with Crippen LogP contribution in [0, 0.1) is 5.82 Å². The largest absolute Gasteiger partial charge is 0.494 e. The van der Waals surface area contributed by atoms with Gasteiger partial charge in [-0.05, 0) is 42.0 Å². The van der Waals surface area contributed by atoms with Crippen molar-refractivity contribution in [2.75, 3.05) is 7.11 Å². The summed E-state index contributed by atoms with van der Waals surface area (Å²) in [5.74, 6) is -1.17. The molecule has 0 spiro atoms. The Balaban J connectivity index is 1.86. The monoisotopic (exact) mass is 400 g/mol. The predicted molar refractivity (Wildman–Crippen MR) is 116 cm³/mol. The summed E-state index contributed by atoms with van der Waals surface area (Å²) < 4.78 is 20.8. The predicted octanol–water partition coefficient (Wildman–Crippen LogP) is 2.08. The van der Waals surface area contributed by atoms with Gasteiger partial charge in [-0.15, -0.1) is 0 Å². The highest BCUT2D eigenvalue weighted by Crippen LogP contribution is 2.20. The minimum absolute atomic E-state index is 0.0223. The van der Waals surface area contributed by atoms with Crippen LogP contribution in [-0.2, 0) is 6.54 Å². The van der Waals surface area contributed by atoms with Crippen molar-refractivity contribution in [3.63, 3.8) is 0 Å². The number of hydrogen-bond donors (Lipinski definition) is 0. The minimum atomic E-state index is -0.659. The van der Waals surface area contributed by atoms with Crippen LogP contribution in [0.5, 0.6) is 5.75 Å². The molecule has 4 rings (SSSR count). The van der Waals surface area contributed by atoms with Gasteiger partial charge in [0.25, 0.3) is 0 Å². The molecule has 30 heavy (non-hydrogen) atoms. The number of fused-ring (bicyclic) bond motifs is 1. The lowest BCUT2D eigenvalue weighted by atomic mass is 10.0. The van der Waals surface area contributed by atoms with Gasteiger partial charge < -0.3 is 9.30 Å². The molecule has 0 saturated carbocycles. The van der Waals surface area contributed by atoms with E-state index in [2.05, 4.69) is 4.98 Å². The Bertz CT molecular complexity index is 1330. The summed E-state index contributed by atoms with van der Waals surface area (Å²) in [5.41, 5.74) is 2.05. The fourth-order valence-electron chi connectivity index (χ4n) is 3.46. The fourth-order valence-corrected chi connectivity index (χ4v) is 3.46. The minimum Gasteiger partial charge on any atom is -0.494 e. The van der Waals surface area contributed by atoms with Gasteiger partial charge in [0, 0.05) is 17.1 Å². The van der Waals surface area contributed by atoms with E-state index >= 15 is 0 Å². The number of rotatable bonds is 5. The second kappa shape index (κ2) is 7.95. The van der Waals surface area contributed by atoms with Gasteiger partial charge in [0.05, 0.1) is 30.4 Å². The number of pyridine rings is 2. The molecule has 5 nitrogen and oxygen atoms in total. The average molecular weight is 400 g/mol. The zero-order valence-electron chi connectivity index (χ0n) is 16.6. The van der Waals surface area contributed by atoms with E-state index in [1.807, 2.05) is 42.7 Å². The number of halogens is 1. The lowest BCUT2D eigenvalue weighted by molar-refractivity contribution is 0.103. The first kappa shape index (κ1) is 19.6. The molecule has 0 fully saturated rings. The molecular formula is C23H18BFN2O3. The summed E-state index contributed by atoms with van der Waals surface area (Å²) in [6.07, 6.45) is 1.53. The molecule has 0 aliphatic rings. The number of methoxy groups -OCH3 is 1. The molecule has 0 bridgehead atoms. The second-order valence-electron chi connectivity index (χ2n) is 6.97. The number of ether oxygens (including phenoxy) is 1. The van der Waals surface area contributed by atoms with E-state index in [1.165, 1.54) is 25.4 Å². The number of carbonyl (C=O) groups excluding carboxylic acids is 1. The summed E-state index contributed by atoms with van der Waals surface area (Å²) in [6.45, 7) is 0.389. The first-order chi connectivity index (χ1) is 14.5. The molecular weight excluding hydrogens is 382 g/mol. The Hall–Kier alpha value is -3.74. The van der Waals surface area contributed by atoms with E-state index in [4.69, 9.17) is 4.74 Å². The van der Waals surface area contributed by atoms with Gasteiger partial charge >= 0.3 is 0 Å². The molecule has 2 aromatic carbocycles. The van der Waals surface area contributed by atoms with Gasteiger partial charge in [0.15, 0.2) is 25.2 Å². The van der Waals surface area contributed by atoms with Crippen LogP contribution in [0.15, 0.2) is 71.7 Å². The zero-order valence-corrected chi connectivity index (χ0v) is 16.6. The van der Waals surface area contributed by atoms with Gasteiger partial charge in [-0.3, -0.25) is 14.6 Å². The van der Waals surface area contributed by atoms with Crippen molar-refractivity contribution in [1.29, 1.82) is 0 Å². The number of carbonyl (C=O) groups is 1. The van der Waals surface area contributed by atoms with Crippen molar-refractivity contribution in [3.05, 3.63) is 99.7 Å². The molecule has 2 aromatic heterocycles. The maximum Gasteiger partial charge on any atom is 0.200 e. The second-order valence-corrected chi connectivity index (χ2v) is 6.97. The molecule has 0 aliphatic heterocycles. The standard InChI is InChI=1S/C23H18BFN2O3/c1-30-20-10-9-14(11-18(20)25)22(28)17-13-27(12-15-5-4-8-21(24)26-15)19-7-3-2-6-16(19)23(17)29/h2-11,13H,12,24H2,1H3. The van der Waals surface area contributed by atoms with Crippen LogP contribution >= 0.6 is 0 Å². The van der Waals surface area contributed by atoms with Gasteiger partial charge in [-0.1, -0.05) is 24.3 Å². The zero-order chi connectivity index (χ0) is 21.3. The molecule has 0 N–H and O–H groups in total. The van der Waals surface area contributed by atoms with Crippen LogP contribution in [0.3, 0.4) is 0 Å². The van der Waals surface area contributed by atoms with E-state index in [9.17, 15) is 14.0 Å². The van der Waals surface area contributed by atoms with E-state index in [-0.39, 0.29) is 22.3 Å². The van der Waals surface area contributed by atoms with E-state index in [1.54, 1.807) is 12.1 Å². The van der Waals surface area contributed by atoms with Crippen molar-refractivity contribution in [3.8, 4) is 5.75 Å². The number of nitrogens with zero attached hydrogens (tertiary/aromatic N) is 2. The summed E-state index contributed by atoms with van der Waals surface area (Å²) in [4.78, 5) is 30.6. The van der Waals surface area contributed by atoms with Crippen molar-refractivity contribution >= 4 is 30.1 Å². The van der Waals surface area contributed by atoms with Gasteiger partial charge in [0.2, 0.25) is 5.43 Å². The molecule has 0 aliphatic carbocycles. The van der Waals surface area contributed by atoms with Crippen molar-refractivity contribution in [2.45, 2.75) is 6.54 Å². The molecule has 0 unspecified atom stereocenters. The van der Waals surface area contributed by atoms with Crippen molar-refractivity contribution in [2.24, 2.45) is 0 Å². The lowest BCUT2D eigenvalue weighted by Gasteiger charge is -2.13. The molecule has 0 saturated heterocycles. The molecule has 0 amide bonds. The molecule has 7 heteroatoms. The highest BCUT2D eigenvalue weighted by atomic mass is 19.1. The van der Waals surface area contributed by atoms with Gasteiger partial charge in [-0.25, -0.2) is 4.39 Å². The van der Waals surface area contributed by atoms with Crippen LogP contribution in [0.1, 0.15) is 21.6 Å². The first-order valence-corrected chi connectivity index (χ1v) is 9.41. The number of ketones is 1. The van der Waals surface area contributed by atoms with Gasteiger partial charge in [-0.2, -0.15) is 0 Å². The van der Waals surface area contributed by atoms with Gasteiger partial charge in [0.1, 0.15) is 0 Å². The van der Waals surface area contributed by atoms with E-state index < -0.39 is 11.6 Å². The molecule has 0 radical (unpaired) electrons. The van der Waals surface area contributed by atoms with Crippen molar-refractivity contribution in [1.82, 2.24) is 9.55 Å². The maximum atomic E-state index is 14.1. The lowest BCUT2D eigenvalue weighted by Crippen LogP contribution is -2.21. The number of para-hydroxylation sites is 1. The van der Waals surface area contributed by atoms with Crippen LogP contribution in [-0.4, -0.2) is 30.3 Å². The maximum absolute atomic E-state index is 14.1. The molecule has 148 valence electrons. The van der Waals surface area contributed by atoms with E-state index in [0.29, 0.717) is 17.4 Å². The number of benzene rings is 2. The van der Waals surface area contributed by atoms with Crippen LogP contribution in [0.2, 0.25) is 0 Å².